The SMILES string of the molecule is O=C(CC1CNCCO1)Nc1ccc(OC(F)(F)F)cc1. The zero-order valence-electron chi connectivity index (χ0n) is 11.1. The topological polar surface area (TPSA) is 59.6 Å². The maximum absolute atomic E-state index is 12.0. The van der Waals surface area contributed by atoms with Gasteiger partial charge in [0.2, 0.25) is 5.91 Å². The van der Waals surface area contributed by atoms with Crippen molar-refractivity contribution in [1.29, 1.82) is 0 Å². The van der Waals surface area contributed by atoms with E-state index in [1.807, 2.05) is 0 Å². The Balaban J connectivity index is 1.83. The van der Waals surface area contributed by atoms with E-state index >= 15 is 0 Å². The molecular weight excluding hydrogens is 289 g/mol. The quantitative estimate of drug-likeness (QED) is 0.892. The van der Waals surface area contributed by atoms with E-state index in [2.05, 4.69) is 15.4 Å². The third-order valence-corrected chi connectivity index (χ3v) is 2.79. The van der Waals surface area contributed by atoms with Gasteiger partial charge in [0, 0.05) is 18.8 Å². The van der Waals surface area contributed by atoms with Gasteiger partial charge in [0.25, 0.3) is 0 Å². The number of halogens is 3. The largest absolute Gasteiger partial charge is 0.573 e. The average Bonchev–Trinajstić information content (AvgIpc) is 2.40. The first-order valence-corrected chi connectivity index (χ1v) is 6.40. The highest BCUT2D eigenvalue weighted by atomic mass is 19.4. The summed E-state index contributed by atoms with van der Waals surface area (Å²) in [4.78, 5) is 11.8. The normalized spacial score (nSPS) is 19.1. The summed E-state index contributed by atoms with van der Waals surface area (Å²) >= 11 is 0. The van der Waals surface area contributed by atoms with Gasteiger partial charge in [-0.05, 0) is 24.3 Å². The molecule has 21 heavy (non-hydrogen) atoms. The molecule has 0 spiro atoms. The molecule has 1 amide bonds. The number of amides is 1. The number of rotatable bonds is 4. The molecule has 1 aliphatic rings. The Hall–Kier alpha value is -1.80. The number of alkyl halides is 3. The molecule has 1 aromatic rings. The van der Waals surface area contributed by atoms with Crippen molar-refractivity contribution in [2.24, 2.45) is 0 Å². The number of morpholine rings is 1. The second-order valence-electron chi connectivity index (χ2n) is 4.52. The number of nitrogens with one attached hydrogen (secondary N) is 2. The van der Waals surface area contributed by atoms with Crippen LogP contribution in [0, 0.1) is 0 Å². The van der Waals surface area contributed by atoms with Gasteiger partial charge in [0.15, 0.2) is 0 Å². The van der Waals surface area contributed by atoms with Crippen molar-refractivity contribution >= 4 is 11.6 Å². The molecule has 0 saturated carbocycles. The van der Waals surface area contributed by atoms with Gasteiger partial charge in [-0.2, -0.15) is 0 Å². The lowest BCUT2D eigenvalue weighted by molar-refractivity contribution is -0.274. The number of hydrogen-bond donors (Lipinski definition) is 2. The Bertz CT molecular complexity index is 471. The highest BCUT2D eigenvalue weighted by Gasteiger charge is 2.31. The van der Waals surface area contributed by atoms with Crippen LogP contribution in [0.2, 0.25) is 0 Å². The number of hydrogen-bond acceptors (Lipinski definition) is 4. The molecule has 0 radical (unpaired) electrons. The summed E-state index contributed by atoms with van der Waals surface area (Å²) < 4.78 is 45.1. The van der Waals surface area contributed by atoms with Crippen molar-refractivity contribution in [3.63, 3.8) is 0 Å². The van der Waals surface area contributed by atoms with Crippen LogP contribution in [0.4, 0.5) is 18.9 Å². The molecular formula is C13H15F3N2O3. The fraction of sp³-hybridized carbons (Fsp3) is 0.462. The molecule has 0 aliphatic carbocycles. The number of benzene rings is 1. The van der Waals surface area contributed by atoms with Gasteiger partial charge in [-0.1, -0.05) is 0 Å². The summed E-state index contributed by atoms with van der Waals surface area (Å²) in [5.41, 5.74) is 0.401. The molecule has 1 aromatic carbocycles. The lowest BCUT2D eigenvalue weighted by atomic mass is 10.2. The third-order valence-electron chi connectivity index (χ3n) is 2.79. The Kier molecular flexibility index (Phi) is 5.03. The maximum Gasteiger partial charge on any atom is 0.573 e. The van der Waals surface area contributed by atoms with Gasteiger partial charge in [0.1, 0.15) is 5.75 Å². The van der Waals surface area contributed by atoms with Crippen molar-refractivity contribution < 1.29 is 27.4 Å². The number of carbonyl (C=O) groups excluding carboxylic acids is 1. The Morgan fingerprint density at radius 2 is 2.10 bits per heavy atom. The van der Waals surface area contributed by atoms with Gasteiger partial charge in [0.05, 0.1) is 19.1 Å². The molecule has 2 rings (SSSR count). The molecule has 1 aliphatic heterocycles. The average molecular weight is 304 g/mol. The van der Waals surface area contributed by atoms with Crippen molar-refractivity contribution in [3.8, 4) is 5.75 Å². The van der Waals surface area contributed by atoms with Gasteiger partial charge in [-0.15, -0.1) is 13.2 Å². The standard InChI is InChI=1S/C13H15F3N2O3/c14-13(15,16)21-10-3-1-9(2-4-10)18-12(19)7-11-8-17-5-6-20-11/h1-4,11,17H,5-8H2,(H,18,19). The molecule has 1 heterocycles. The summed E-state index contributed by atoms with van der Waals surface area (Å²) in [5.74, 6) is -0.589. The molecule has 5 nitrogen and oxygen atoms in total. The minimum absolute atomic E-state index is 0.188. The summed E-state index contributed by atoms with van der Waals surface area (Å²) in [6.45, 7) is 1.92. The minimum Gasteiger partial charge on any atom is -0.406 e. The van der Waals surface area contributed by atoms with E-state index in [0.717, 1.165) is 18.7 Å². The number of anilines is 1. The lowest BCUT2D eigenvalue weighted by Crippen LogP contribution is -2.40. The second kappa shape index (κ2) is 6.77. The molecule has 8 heteroatoms. The summed E-state index contributed by atoms with van der Waals surface area (Å²) in [5, 5.41) is 5.70. The Morgan fingerprint density at radius 1 is 1.38 bits per heavy atom. The molecule has 0 aromatic heterocycles. The second-order valence-corrected chi connectivity index (χ2v) is 4.52. The van der Waals surface area contributed by atoms with E-state index in [4.69, 9.17) is 4.74 Å². The van der Waals surface area contributed by atoms with Crippen LogP contribution in [0.1, 0.15) is 6.42 Å². The van der Waals surface area contributed by atoms with Crippen LogP contribution in [0.25, 0.3) is 0 Å². The Labute approximate surface area is 119 Å². The molecule has 116 valence electrons. The van der Waals surface area contributed by atoms with Crippen LogP contribution in [0.15, 0.2) is 24.3 Å². The van der Waals surface area contributed by atoms with Gasteiger partial charge in [-0.3, -0.25) is 4.79 Å². The highest BCUT2D eigenvalue weighted by molar-refractivity contribution is 5.91. The summed E-state index contributed by atoms with van der Waals surface area (Å²) in [6, 6.07) is 4.97. The van der Waals surface area contributed by atoms with Crippen molar-refractivity contribution in [2.45, 2.75) is 18.9 Å². The fourth-order valence-corrected chi connectivity index (χ4v) is 1.91. The zero-order chi connectivity index (χ0) is 15.3. The van der Waals surface area contributed by atoms with Crippen LogP contribution in [-0.2, 0) is 9.53 Å². The fourth-order valence-electron chi connectivity index (χ4n) is 1.91. The molecule has 1 fully saturated rings. The number of ether oxygens (including phenoxy) is 2. The molecule has 0 bridgehead atoms. The van der Waals surface area contributed by atoms with E-state index in [9.17, 15) is 18.0 Å². The monoisotopic (exact) mass is 304 g/mol. The highest BCUT2D eigenvalue weighted by Crippen LogP contribution is 2.24. The van der Waals surface area contributed by atoms with Crippen LogP contribution < -0.4 is 15.4 Å². The Morgan fingerprint density at radius 3 is 2.67 bits per heavy atom. The number of carbonyl (C=O) groups is 1. The van der Waals surface area contributed by atoms with E-state index in [0.29, 0.717) is 18.8 Å². The van der Waals surface area contributed by atoms with Crippen LogP contribution in [0.3, 0.4) is 0 Å². The van der Waals surface area contributed by atoms with Crippen molar-refractivity contribution in [1.82, 2.24) is 5.32 Å². The predicted molar refractivity (Wildman–Crippen MR) is 69.0 cm³/mol. The first-order valence-electron chi connectivity index (χ1n) is 6.40. The van der Waals surface area contributed by atoms with E-state index < -0.39 is 6.36 Å². The lowest BCUT2D eigenvalue weighted by Gasteiger charge is -2.23. The first kappa shape index (κ1) is 15.6. The molecule has 1 saturated heterocycles. The van der Waals surface area contributed by atoms with E-state index in [1.165, 1.54) is 12.1 Å². The van der Waals surface area contributed by atoms with Gasteiger partial charge < -0.3 is 20.1 Å². The molecule has 1 atom stereocenters. The van der Waals surface area contributed by atoms with Gasteiger partial charge in [-0.25, -0.2) is 0 Å². The smallest absolute Gasteiger partial charge is 0.406 e. The summed E-state index contributed by atoms with van der Waals surface area (Å²) in [7, 11) is 0. The van der Waals surface area contributed by atoms with Crippen LogP contribution >= 0.6 is 0 Å². The maximum atomic E-state index is 12.0. The molecule has 2 N–H and O–H groups in total. The predicted octanol–water partition coefficient (Wildman–Crippen LogP) is 1.90. The van der Waals surface area contributed by atoms with Crippen LogP contribution in [0.5, 0.6) is 5.75 Å². The third kappa shape index (κ3) is 5.60. The first-order chi connectivity index (χ1) is 9.92. The van der Waals surface area contributed by atoms with E-state index in [1.54, 1.807) is 0 Å². The minimum atomic E-state index is -4.73. The van der Waals surface area contributed by atoms with Crippen LogP contribution in [-0.4, -0.2) is 38.1 Å². The molecule has 1 unspecified atom stereocenters. The van der Waals surface area contributed by atoms with Crippen molar-refractivity contribution in [3.05, 3.63) is 24.3 Å². The zero-order valence-corrected chi connectivity index (χ0v) is 11.1. The van der Waals surface area contributed by atoms with Gasteiger partial charge >= 0.3 is 6.36 Å². The van der Waals surface area contributed by atoms with E-state index in [-0.39, 0.29) is 24.2 Å². The summed E-state index contributed by atoms with van der Waals surface area (Å²) in [6.07, 6.45) is -4.73. The van der Waals surface area contributed by atoms with Crippen molar-refractivity contribution in [2.75, 3.05) is 25.0 Å².